The van der Waals surface area contributed by atoms with Gasteiger partial charge in [0.1, 0.15) is 11.4 Å². The highest BCUT2D eigenvalue weighted by molar-refractivity contribution is 7.80. The second-order valence-corrected chi connectivity index (χ2v) is 4.27. The summed E-state index contributed by atoms with van der Waals surface area (Å²) >= 11 is 4.85. The molecule has 1 saturated heterocycles. The number of thiocarbonyl (C=S) groups is 1. The van der Waals surface area contributed by atoms with Crippen molar-refractivity contribution >= 4 is 29.3 Å². The predicted octanol–water partition coefficient (Wildman–Crippen LogP) is 0.613. The van der Waals surface area contributed by atoms with E-state index in [0.29, 0.717) is 16.5 Å². The fourth-order valence-corrected chi connectivity index (χ4v) is 1.86. The molecule has 0 atom stereocenters. The summed E-state index contributed by atoms with van der Waals surface area (Å²) < 4.78 is 0. The molecule has 94 valence electrons. The molecule has 1 aromatic carbocycles. The zero-order chi connectivity index (χ0) is 13.2. The van der Waals surface area contributed by atoms with E-state index in [0.717, 1.165) is 5.69 Å². The lowest BCUT2D eigenvalue weighted by Crippen LogP contribution is -2.21. The minimum absolute atomic E-state index is 0.265. The Labute approximate surface area is 114 Å². The van der Waals surface area contributed by atoms with E-state index in [9.17, 15) is 4.79 Å². The van der Waals surface area contributed by atoms with E-state index in [1.807, 2.05) is 30.3 Å². The van der Waals surface area contributed by atoms with Gasteiger partial charge in [-0.25, -0.2) is 0 Å². The Morgan fingerprint density at radius 2 is 2.00 bits per heavy atom. The minimum atomic E-state index is -0.265. The van der Waals surface area contributed by atoms with Gasteiger partial charge >= 0.3 is 0 Å². The van der Waals surface area contributed by atoms with Crippen molar-refractivity contribution in [3.8, 4) is 5.69 Å². The van der Waals surface area contributed by atoms with Crippen molar-refractivity contribution < 1.29 is 4.79 Å². The monoisotopic (exact) mass is 271 g/mol. The SMILES string of the molecule is O=C1NC(=S)N/C1=C/c1cnn(-c2ccccc2)n1. The van der Waals surface area contributed by atoms with E-state index < -0.39 is 0 Å². The van der Waals surface area contributed by atoms with Crippen LogP contribution in [0, 0.1) is 0 Å². The number of hydrogen-bond donors (Lipinski definition) is 2. The Hall–Kier alpha value is -2.54. The van der Waals surface area contributed by atoms with Gasteiger partial charge in [-0.05, 0) is 30.4 Å². The third kappa shape index (κ3) is 2.36. The Kier molecular flexibility index (Phi) is 2.81. The molecule has 19 heavy (non-hydrogen) atoms. The lowest BCUT2D eigenvalue weighted by atomic mass is 10.3. The molecule has 0 bridgehead atoms. The van der Waals surface area contributed by atoms with Crippen molar-refractivity contribution in [3.63, 3.8) is 0 Å². The van der Waals surface area contributed by atoms with Crippen molar-refractivity contribution in [3.05, 3.63) is 47.9 Å². The van der Waals surface area contributed by atoms with Gasteiger partial charge in [0.05, 0.1) is 11.9 Å². The number of rotatable bonds is 2. The van der Waals surface area contributed by atoms with E-state index in [4.69, 9.17) is 12.2 Å². The molecule has 7 heteroatoms. The van der Waals surface area contributed by atoms with Gasteiger partial charge in [0.2, 0.25) is 0 Å². The van der Waals surface area contributed by atoms with Crippen LogP contribution in [0.1, 0.15) is 5.69 Å². The molecule has 0 aliphatic carbocycles. The topological polar surface area (TPSA) is 71.8 Å². The number of amides is 1. The van der Waals surface area contributed by atoms with E-state index in [2.05, 4.69) is 20.8 Å². The number of aromatic nitrogens is 3. The number of hydrogen-bond acceptors (Lipinski definition) is 4. The first-order chi connectivity index (χ1) is 9.22. The molecule has 1 aliphatic rings. The van der Waals surface area contributed by atoms with Crippen LogP contribution in [-0.2, 0) is 4.79 Å². The molecule has 2 aromatic rings. The van der Waals surface area contributed by atoms with Crippen LogP contribution in [0.15, 0.2) is 42.2 Å². The summed E-state index contributed by atoms with van der Waals surface area (Å²) in [5, 5.41) is 13.9. The third-order valence-electron chi connectivity index (χ3n) is 2.51. The normalized spacial score (nSPS) is 16.5. The highest BCUT2D eigenvalue weighted by Crippen LogP contribution is 2.08. The van der Waals surface area contributed by atoms with Crippen LogP contribution in [-0.4, -0.2) is 26.0 Å². The summed E-state index contributed by atoms with van der Waals surface area (Å²) in [5.74, 6) is -0.265. The minimum Gasteiger partial charge on any atom is -0.328 e. The smallest absolute Gasteiger partial charge is 0.273 e. The lowest BCUT2D eigenvalue weighted by Gasteiger charge is -1.96. The van der Waals surface area contributed by atoms with Crippen LogP contribution in [0.25, 0.3) is 11.8 Å². The number of para-hydroxylation sites is 1. The quantitative estimate of drug-likeness (QED) is 0.618. The van der Waals surface area contributed by atoms with E-state index >= 15 is 0 Å². The molecule has 2 heterocycles. The fourth-order valence-electron chi connectivity index (χ4n) is 1.66. The number of benzene rings is 1. The molecule has 0 spiro atoms. The van der Waals surface area contributed by atoms with Gasteiger partial charge in [-0.1, -0.05) is 18.2 Å². The zero-order valence-corrected chi connectivity index (χ0v) is 10.5. The number of carbonyl (C=O) groups excluding carboxylic acids is 1. The van der Waals surface area contributed by atoms with Crippen LogP contribution < -0.4 is 10.6 Å². The van der Waals surface area contributed by atoms with E-state index in [1.165, 1.54) is 4.80 Å². The molecule has 0 unspecified atom stereocenters. The summed E-state index contributed by atoms with van der Waals surface area (Å²) in [4.78, 5) is 13.0. The molecular weight excluding hydrogens is 262 g/mol. The van der Waals surface area contributed by atoms with Crippen molar-refractivity contribution in [2.24, 2.45) is 0 Å². The highest BCUT2D eigenvalue weighted by Gasteiger charge is 2.20. The first-order valence-corrected chi connectivity index (χ1v) is 5.95. The summed E-state index contributed by atoms with van der Waals surface area (Å²) in [6, 6.07) is 9.52. The maximum Gasteiger partial charge on any atom is 0.273 e. The van der Waals surface area contributed by atoms with Gasteiger partial charge in [-0.15, -0.1) is 5.10 Å². The van der Waals surface area contributed by atoms with Crippen LogP contribution >= 0.6 is 12.2 Å². The van der Waals surface area contributed by atoms with Crippen LogP contribution in [0.3, 0.4) is 0 Å². The standard InChI is InChI=1S/C12H9N5OS/c18-11-10(14-12(19)15-11)6-8-7-13-17(16-8)9-4-2-1-3-5-9/h1-7H,(H2,14,15,18,19)/b10-6+. The second kappa shape index (κ2) is 4.62. The molecule has 2 N–H and O–H groups in total. The molecule has 0 radical (unpaired) electrons. The zero-order valence-electron chi connectivity index (χ0n) is 9.70. The third-order valence-corrected chi connectivity index (χ3v) is 2.71. The Morgan fingerprint density at radius 1 is 1.21 bits per heavy atom. The first kappa shape index (κ1) is 11.5. The average molecular weight is 271 g/mol. The number of nitrogens with zero attached hydrogens (tertiary/aromatic N) is 3. The molecule has 1 aliphatic heterocycles. The van der Waals surface area contributed by atoms with Gasteiger partial charge in [0, 0.05) is 0 Å². The van der Waals surface area contributed by atoms with Gasteiger partial charge < -0.3 is 5.32 Å². The predicted molar refractivity (Wildman–Crippen MR) is 73.2 cm³/mol. The van der Waals surface area contributed by atoms with Gasteiger partial charge in [-0.3, -0.25) is 10.1 Å². The Morgan fingerprint density at radius 3 is 2.68 bits per heavy atom. The fraction of sp³-hybridized carbons (Fsp3) is 0. The summed E-state index contributed by atoms with van der Waals surface area (Å²) in [7, 11) is 0. The summed E-state index contributed by atoms with van der Waals surface area (Å²) in [6.45, 7) is 0. The number of nitrogens with one attached hydrogen (secondary N) is 2. The second-order valence-electron chi connectivity index (χ2n) is 3.86. The van der Waals surface area contributed by atoms with Crippen molar-refractivity contribution in [2.45, 2.75) is 0 Å². The molecule has 1 fully saturated rings. The molecular formula is C12H9N5OS. The van der Waals surface area contributed by atoms with Crippen LogP contribution in [0.5, 0.6) is 0 Å². The highest BCUT2D eigenvalue weighted by atomic mass is 32.1. The van der Waals surface area contributed by atoms with Crippen LogP contribution in [0.4, 0.5) is 0 Å². The largest absolute Gasteiger partial charge is 0.328 e. The summed E-state index contributed by atoms with van der Waals surface area (Å²) in [5.41, 5.74) is 1.79. The van der Waals surface area contributed by atoms with Crippen molar-refractivity contribution in [1.29, 1.82) is 0 Å². The molecule has 1 amide bonds. The maximum absolute atomic E-state index is 11.5. The molecule has 1 aromatic heterocycles. The Balaban J connectivity index is 1.89. The maximum atomic E-state index is 11.5. The van der Waals surface area contributed by atoms with Crippen molar-refractivity contribution in [1.82, 2.24) is 25.6 Å². The van der Waals surface area contributed by atoms with Gasteiger partial charge in [0.15, 0.2) is 5.11 Å². The van der Waals surface area contributed by atoms with Gasteiger partial charge in [-0.2, -0.15) is 9.90 Å². The summed E-state index contributed by atoms with van der Waals surface area (Å²) in [6.07, 6.45) is 3.18. The van der Waals surface area contributed by atoms with Crippen molar-refractivity contribution in [2.75, 3.05) is 0 Å². The first-order valence-electron chi connectivity index (χ1n) is 5.54. The van der Waals surface area contributed by atoms with E-state index in [-0.39, 0.29) is 5.91 Å². The molecule has 6 nitrogen and oxygen atoms in total. The number of carbonyl (C=O) groups is 1. The Bertz CT molecular complexity index is 676. The molecule has 3 rings (SSSR count). The lowest BCUT2D eigenvalue weighted by molar-refractivity contribution is -0.115. The van der Waals surface area contributed by atoms with Crippen LogP contribution in [0.2, 0.25) is 0 Å². The molecule has 0 saturated carbocycles. The average Bonchev–Trinajstić information content (AvgIpc) is 2.99. The van der Waals surface area contributed by atoms with Gasteiger partial charge in [0.25, 0.3) is 5.91 Å². The van der Waals surface area contributed by atoms with E-state index in [1.54, 1.807) is 12.3 Å².